The van der Waals surface area contributed by atoms with Crippen LogP contribution in [-0.2, 0) is 6.42 Å². The molecule has 0 radical (unpaired) electrons. The van der Waals surface area contributed by atoms with Gasteiger partial charge in [0.05, 0.1) is 0 Å². The van der Waals surface area contributed by atoms with Crippen molar-refractivity contribution < 1.29 is 4.52 Å². The van der Waals surface area contributed by atoms with Gasteiger partial charge in [-0.3, -0.25) is 0 Å². The van der Waals surface area contributed by atoms with E-state index in [1.165, 1.54) is 0 Å². The molecule has 1 aliphatic rings. The highest BCUT2D eigenvalue weighted by Crippen LogP contribution is 2.25. The summed E-state index contributed by atoms with van der Waals surface area (Å²) in [4.78, 5) is 6.57. The first-order valence-electron chi connectivity index (χ1n) is 5.84. The minimum atomic E-state index is 0.377. The van der Waals surface area contributed by atoms with E-state index in [2.05, 4.69) is 27.3 Å². The maximum absolute atomic E-state index is 5.31. The Bertz CT molecular complexity index is 332. The van der Waals surface area contributed by atoms with Gasteiger partial charge in [0.2, 0.25) is 5.89 Å². The molecule has 5 nitrogen and oxygen atoms in total. The van der Waals surface area contributed by atoms with Gasteiger partial charge in [0.15, 0.2) is 5.82 Å². The highest BCUT2D eigenvalue weighted by molar-refractivity contribution is 4.98. The summed E-state index contributed by atoms with van der Waals surface area (Å²) >= 11 is 0. The predicted octanol–water partition coefficient (Wildman–Crippen LogP) is 0.497. The molecule has 0 saturated carbocycles. The standard InChI is InChI=1S/C11H20N4O/c1-8(9-6-12-7-9)11-13-10(14-16-11)4-5-15(2)3/h8-9,12H,4-7H2,1-3H3. The first-order valence-corrected chi connectivity index (χ1v) is 5.84. The van der Waals surface area contributed by atoms with Crippen molar-refractivity contribution in [3.63, 3.8) is 0 Å². The van der Waals surface area contributed by atoms with Crippen molar-refractivity contribution in [1.29, 1.82) is 0 Å². The molecule has 2 heterocycles. The van der Waals surface area contributed by atoms with Crippen molar-refractivity contribution in [2.45, 2.75) is 19.3 Å². The molecule has 1 fully saturated rings. The van der Waals surface area contributed by atoms with Crippen LogP contribution in [0.1, 0.15) is 24.6 Å². The fourth-order valence-corrected chi connectivity index (χ4v) is 1.74. The molecule has 1 saturated heterocycles. The molecule has 90 valence electrons. The summed E-state index contributed by atoms with van der Waals surface area (Å²) in [6.07, 6.45) is 0.853. The smallest absolute Gasteiger partial charge is 0.229 e. The van der Waals surface area contributed by atoms with Crippen LogP contribution in [0.4, 0.5) is 0 Å². The molecule has 0 amide bonds. The van der Waals surface area contributed by atoms with Crippen LogP contribution in [0, 0.1) is 5.92 Å². The van der Waals surface area contributed by atoms with Gasteiger partial charge in [0, 0.05) is 18.9 Å². The Kier molecular flexibility index (Phi) is 3.56. The van der Waals surface area contributed by atoms with E-state index in [0.29, 0.717) is 11.8 Å². The van der Waals surface area contributed by atoms with Crippen LogP contribution in [0.25, 0.3) is 0 Å². The molecule has 1 aromatic rings. The topological polar surface area (TPSA) is 54.2 Å². The van der Waals surface area contributed by atoms with E-state index in [9.17, 15) is 0 Å². The summed E-state index contributed by atoms with van der Waals surface area (Å²) in [6, 6.07) is 0. The number of likely N-dealkylation sites (N-methyl/N-ethyl adjacent to an activating group) is 1. The van der Waals surface area contributed by atoms with Gasteiger partial charge in [0.1, 0.15) is 0 Å². The molecule has 2 rings (SSSR count). The van der Waals surface area contributed by atoms with E-state index in [0.717, 1.165) is 37.8 Å². The largest absolute Gasteiger partial charge is 0.339 e. The van der Waals surface area contributed by atoms with Crippen LogP contribution in [0.5, 0.6) is 0 Å². The lowest BCUT2D eigenvalue weighted by Gasteiger charge is -2.30. The second kappa shape index (κ2) is 4.93. The molecule has 0 aliphatic carbocycles. The van der Waals surface area contributed by atoms with Crippen molar-refractivity contribution in [3.05, 3.63) is 11.7 Å². The van der Waals surface area contributed by atoms with Crippen LogP contribution < -0.4 is 5.32 Å². The molecular formula is C11H20N4O. The van der Waals surface area contributed by atoms with Crippen molar-refractivity contribution in [1.82, 2.24) is 20.4 Å². The van der Waals surface area contributed by atoms with Gasteiger partial charge in [-0.05, 0) is 33.1 Å². The highest BCUT2D eigenvalue weighted by Gasteiger charge is 2.28. The summed E-state index contributed by atoms with van der Waals surface area (Å²) in [5, 5.41) is 7.28. The Morgan fingerprint density at radius 1 is 1.50 bits per heavy atom. The van der Waals surface area contributed by atoms with Crippen molar-refractivity contribution in [2.24, 2.45) is 5.92 Å². The zero-order chi connectivity index (χ0) is 11.5. The third-order valence-electron chi connectivity index (χ3n) is 3.18. The molecule has 0 aromatic carbocycles. The summed E-state index contributed by atoms with van der Waals surface area (Å²) < 4.78 is 5.31. The lowest BCUT2D eigenvalue weighted by atomic mass is 9.89. The summed E-state index contributed by atoms with van der Waals surface area (Å²) in [6.45, 7) is 5.25. The number of hydrogen-bond donors (Lipinski definition) is 1. The van der Waals surface area contributed by atoms with Crippen molar-refractivity contribution in [2.75, 3.05) is 33.7 Å². The van der Waals surface area contributed by atoms with Gasteiger partial charge in [-0.1, -0.05) is 12.1 Å². The Hall–Kier alpha value is -0.940. The summed E-state index contributed by atoms with van der Waals surface area (Å²) in [5.74, 6) is 2.65. The van der Waals surface area contributed by atoms with Gasteiger partial charge < -0.3 is 14.7 Å². The average molecular weight is 224 g/mol. The molecule has 1 N–H and O–H groups in total. The molecule has 1 unspecified atom stereocenters. The summed E-state index contributed by atoms with van der Waals surface area (Å²) in [7, 11) is 4.09. The van der Waals surface area contributed by atoms with Crippen LogP contribution in [-0.4, -0.2) is 48.8 Å². The molecule has 0 spiro atoms. The molecular weight excluding hydrogens is 204 g/mol. The predicted molar refractivity (Wildman–Crippen MR) is 61.3 cm³/mol. The average Bonchev–Trinajstić information content (AvgIpc) is 2.60. The van der Waals surface area contributed by atoms with E-state index >= 15 is 0 Å². The Balaban J connectivity index is 1.90. The first-order chi connectivity index (χ1) is 7.66. The number of rotatable bonds is 5. The van der Waals surface area contributed by atoms with Crippen LogP contribution in [0.15, 0.2) is 4.52 Å². The first kappa shape index (κ1) is 11.5. The fourth-order valence-electron chi connectivity index (χ4n) is 1.74. The fraction of sp³-hybridized carbons (Fsp3) is 0.818. The number of hydrogen-bond acceptors (Lipinski definition) is 5. The van der Waals surface area contributed by atoms with Crippen molar-refractivity contribution >= 4 is 0 Å². The lowest BCUT2D eigenvalue weighted by molar-refractivity contribution is 0.252. The third-order valence-corrected chi connectivity index (χ3v) is 3.18. The van der Waals surface area contributed by atoms with E-state index in [-0.39, 0.29) is 0 Å². The number of aromatic nitrogens is 2. The van der Waals surface area contributed by atoms with Gasteiger partial charge in [-0.25, -0.2) is 0 Å². The lowest BCUT2D eigenvalue weighted by Crippen LogP contribution is -2.44. The number of nitrogens with one attached hydrogen (secondary N) is 1. The van der Waals surface area contributed by atoms with Gasteiger partial charge >= 0.3 is 0 Å². The van der Waals surface area contributed by atoms with Crippen molar-refractivity contribution in [3.8, 4) is 0 Å². The third kappa shape index (κ3) is 2.59. The van der Waals surface area contributed by atoms with E-state index in [4.69, 9.17) is 4.52 Å². The van der Waals surface area contributed by atoms with Crippen LogP contribution in [0.3, 0.4) is 0 Å². The van der Waals surface area contributed by atoms with Gasteiger partial charge in [-0.15, -0.1) is 0 Å². The quantitative estimate of drug-likeness (QED) is 0.789. The Morgan fingerprint density at radius 3 is 2.81 bits per heavy atom. The normalized spacial score (nSPS) is 18.8. The van der Waals surface area contributed by atoms with E-state index in [1.54, 1.807) is 0 Å². The zero-order valence-electron chi connectivity index (χ0n) is 10.2. The maximum atomic E-state index is 5.31. The second-order valence-corrected chi connectivity index (χ2v) is 4.81. The minimum absolute atomic E-state index is 0.377. The van der Waals surface area contributed by atoms with Gasteiger partial charge in [0.25, 0.3) is 0 Å². The molecule has 1 aromatic heterocycles. The highest BCUT2D eigenvalue weighted by atomic mass is 16.5. The number of nitrogens with zero attached hydrogens (tertiary/aromatic N) is 3. The van der Waals surface area contributed by atoms with Crippen LogP contribution >= 0.6 is 0 Å². The molecule has 0 bridgehead atoms. The van der Waals surface area contributed by atoms with E-state index < -0.39 is 0 Å². The minimum Gasteiger partial charge on any atom is -0.339 e. The summed E-state index contributed by atoms with van der Waals surface area (Å²) in [5.41, 5.74) is 0. The molecule has 16 heavy (non-hydrogen) atoms. The Morgan fingerprint density at radius 2 is 2.25 bits per heavy atom. The SMILES string of the molecule is CC(c1nc(CCN(C)C)no1)C1CNC1. The monoisotopic (exact) mass is 224 g/mol. The van der Waals surface area contributed by atoms with E-state index in [1.807, 2.05) is 14.1 Å². The second-order valence-electron chi connectivity index (χ2n) is 4.81. The molecule has 5 heteroatoms. The van der Waals surface area contributed by atoms with Crippen LogP contribution in [0.2, 0.25) is 0 Å². The zero-order valence-corrected chi connectivity index (χ0v) is 10.2. The molecule has 1 aliphatic heterocycles. The Labute approximate surface area is 96.2 Å². The molecule has 1 atom stereocenters. The van der Waals surface area contributed by atoms with Gasteiger partial charge in [-0.2, -0.15) is 4.98 Å². The maximum Gasteiger partial charge on any atom is 0.229 e.